The molecule has 0 saturated carbocycles. The molecule has 0 aliphatic carbocycles. The van der Waals surface area contributed by atoms with Gasteiger partial charge in [0.1, 0.15) is 12.1 Å². The van der Waals surface area contributed by atoms with Gasteiger partial charge >= 0.3 is 0 Å². The molecule has 0 radical (unpaired) electrons. The number of nitrogens with one attached hydrogen (secondary N) is 1. The molecular formula is C15H15FN4O3S. The second-order valence-electron chi connectivity index (χ2n) is 5.49. The van der Waals surface area contributed by atoms with Crippen LogP contribution >= 0.6 is 0 Å². The van der Waals surface area contributed by atoms with Gasteiger partial charge in [-0.05, 0) is 25.1 Å². The van der Waals surface area contributed by atoms with Crippen LogP contribution in [0.1, 0.15) is 18.2 Å². The van der Waals surface area contributed by atoms with Crippen LogP contribution in [-0.2, 0) is 27.9 Å². The van der Waals surface area contributed by atoms with E-state index in [-0.39, 0.29) is 10.8 Å². The smallest absolute Gasteiger partial charge is 0.241 e. The van der Waals surface area contributed by atoms with Gasteiger partial charge in [-0.1, -0.05) is 6.07 Å². The van der Waals surface area contributed by atoms with Gasteiger partial charge in [-0.25, -0.2) is 22.8 Å². The first-order chi connectivity index (χ1) is 11.4. The Balaban J connectivity index is 1.71. The van der Waals surface area contributed by atoms with Crippen LogP contribution in [0.4, 0.5) is 4.39 Å². The quantitative estimate of drug-likeness (QED) is 0.882. The van der Waals surface area contributed by atoms with Gasteiger partial charge in [0.25, 0.3) is 0 Å². The number of nitrogens with zero attached hydrogens (tertiary/aromatic N) is 3. The minimum atomic E-state index is -3.99. The highest BCUT2D eigenvalue weighted by Gasteiger charge is 2.30. The summed E-state index contributed by atoms with van der Waals surface area (Å²) in [6, 6.07) is 3.63. The number of benzene rings is 1. The van der Waals surface area contributed by atoms with Crippen molar-refractivity contribution in [3.8, 4) is 0 Å². The maximum Gasteiger partial charge on any atom is 0.241 e. The van der Waals surface area contributed by atoms with Gasteiger partial charge in [-0.15, -0.1) is 0 Å². The molecule has 126 valence electrons. The molecule has 1 aromatic heterocycles. The van der Waals surface area contributed by atoms with Crippen LogP contribution in [0, 0.1) is 5.82 Å². The Morgan fingerprint density at radius 3 is 2.88 bits per heavy atom. The zero-order chi connectivity index (χ0) is 17.3. The molecule has 1 unspecified atom stereocenters. The van der Waals surface area contributed by atoms with Crippen molar-refractivity contribution < 1.29 is 17.6 Å². The highest BCUT2D eigenvalue weighted by Crippen LogP contribution is 2.20. The second-order valence-corrected chi connectivity index (χ2v) is 7.20. The molecule has 1 atom stereocenters. The first kappa shape index (κ1) is 16.5. The Morgan fingerprint density at radius 2 is 2.17 bits per heavy atom. The maximum atomic E-state index is 13.2. The van der Waals surface area contributed by atoms with Crippen LogP contribution in [-0.4, -0.2) is 35.2 Å². The predicted octanol–water partition coefficient (Wildman–Crippen LogP) is 0.825. The lowest BCUT2D eigenvalue weighted by molar-refractivity contribution is -0.133. The van der Waals surface area contributed by atoms with E-state index in [1.54, 1.807) is 6.20 Å². The van der Waals surface area contributed by atoms with E-state index in [9.17, 15) is 17.6 Å². The van der Waals surface area contributed by atoms with E-state index in [2.05, 4.69) is 14.7 Å². The Morgan fingerprint density at radius 1 is 1.38 bits per heavy atom. The van der Waals surface area contributed by atoms with Crippen molar-refractivity contribution in [2.24, 2.45) is 0 Å². The molecule has 7 nitrogen and oxygen atoms in total. The highest BCUT2D eigenvalue weighted by molar-refractivity contribution is 7.89. The van der Waals surface area contributed by atoms with Gasteiger partial charge in [-0.3, -0.25) is 4.79 Å². The third-order valence-corrected chi connectivity index (χ3v) is 5.24. The Kier molecular flexibility index (Phi) is 4.29. The first-order valence-corrected chi connectivity index (χ1v) is 8.69. The summed E-state index contributed by atoms with van der Waals surface area (Å²) in [6.45, 7) is 2.09. The van der Waals surface area contributed by atoms with Gasteiger partial charge in [0.2, 0.25) is 15.9 Å². The molecule has 9 heteroatoms. The molecule has 2 aromatic rings. The summed E-state index contributed by atoms with van der Waals surface area (Å²) in [5, 5.41) is 0. The molecule has 24 heavy (non-hydrogen) atoms. The Hall–Kier alpha value is -2.39. The topological polar surface area (TPSA) is 92.3 Å². The largest absolute Gasteiger partial charge is 0.331 e. The number of aromatic nitrogens is 2. The van der Waals surface area contributed by atoms with E-state index < -0.39 is 21.9 Å². The van der Waals surface area contributed by atoms with Crippen LogP contribution < -0.4 is 4.72 Å². The third kappa shape index (κ3) is 3.26. The summed E-state index contributed by atoms with van der Waals surface area (Å²) in [7, 11) is -3.99. The molecule has 3 rings (SSSR count). The SMILES string of the molecule is CC(NS(=O)(=O)c1cccc(F)c1)C(=O)N1Cc2cncnc2C1. The number of hydrogen-bond acceptors (Lipinski definition) is 5. The van der Waals surface area contributed by atoms with E-state index in [1.807, 2.05) is 0 Å². The number of carbonyl (C=O) groups excluding carboxylic acids is 1. The standard InChI is InChI=1S/C15H15FN4O3S/c1-10(19-24(22,23)13-4-2-3-12(16)5-13)15(21)20-7-11-6-17-9-18-14(11)8-20/h2-6,9-10,19H,7-8H2,1H3. The second kappa shape index (κ2) is 6.25. The average Bonchev–Trinajstić information content (AvgIpc) is 2.97. The highest BCUT2D eigenvalue weighted by atomic mass is 32.2. The minimum Gasteiger partial charge on any atom is -0.331 e. The summed E-state index contributed by atoms with van der Waals surface area (Å²) < 4.78 is 40.0. The molecule has 1 amide bonds. The summed E-state index contributed by atoms with van der Waals surface area (Å²) in [6.07, 6.45) is 3.04. The molecule has 0 fully saturated rings. The molecule has 0 spiro atoms. The number of rotatable bonds is 4. The van der Waals surface area contributed by atoms with Crippen molar-refractivity contribution in [1.82, 2.24) is 19.6 Å². The number of carbonyl (C=O) groups is 1. The molecule has 1 aliphatic rings. The van der Waals surface area contributed by atoms with Gasteiger partial charge in [0, 0.05) is 18.3 Å². The van der Waals surface area contributed by atoms with Gasteiger partial charge in [0.05, 0.1) is 23.2 Å². The van der Waals surface area contributed by atoms with Crippen LogP contribution in [0.15, 0.2) is 41.7 Å². The van der Waals surface area contributed by atoms with Crippen molar-refractivity contribution in [2.75, 3.05) is 0 Å². The molecule has 0 saturated heterocycles. The van der Waals surface area contributed by atoms with Crippen molar-refractivity contribution >= 4 is 15.9 Å². The molecular weight excluding hydrogens is 335 g/mol. The number of amides is 1. The van der Waals surface area contributed by atoms with Gasteiger partial charge in [-0.2, -0.15) is 4.72 Å². The Bertz CT molecular complexity index is 863. The maximum absolute atomic E-state index is 13.2. The normalized spacial score (nSPS) is 15.2. The van der Waals surface area contributed by atoms with Gasteiger partial charge < -0.3 is 4.90 Å². The Labute approximate surface area is 138 Å². The predicted molar refractivity (Wildman–Crippen MR) is 82.5 cm³/mol. The molecule has 0 bridgehead atoms. The van der Waals surface area contributed by atoms with Gasteiger partial charge in [0.15, 0.2) is 0 Å². The number of hydrogen-bond donors (Lipinski definition) is 1. The minimum absolute atomic E-state index is 0.224. The van der Waals surface area contributed by atoms with Crippen LogP contribution in [0.3, 0.4) is 0 Å². The van der Waals surface area contributed by atoms with Crippen molar-refractivity contribution in [3.05, 3.63) is 53.9 Å². The molecule has 1 aromatic carbocycles. The lowest BCUT2D eigenvalue weighted by atomic mass is 10.3. The van der Waals surface area contributed by atoms with Crippen molar-refractivity contribution in [2.45, 2.75) is 31.0 Å². The fourth-order valence-corrected chi connectivity index (χ4v) is 3.74. The number of halogens is 1. The van der Waals surface area contributed by atoms with Crippen LogP contribution in [0.2, 0.25) is 0 Å². The first-order valence-electron chi connectivity index (χ1n) is 7.21. The molecule has 1 N–H and O–H groups in total. The van der Waals surface area contributed by atoms with E-state index in [0.717, 1.165) is 23.4 Å². The molecule has 1 aliphatic heterocycles. The fourth-order valence-electron chi connectivity index (χ4n) is 2.52. The zero-order valence-corrected chi connectivity index (χ0v) is 13.6. The van der Waals surface area contributed by atoms with E-state index >= 15 is 0 Å². The average molecular weight is 350 g/mol. The van der Waals surface area contributed by atoms with Crippen LogP contribution in [0.5, 0.6) is 0 Å². The van der Waals surface area contributed by atoms with E-state index in [4.69, 9.17) is 0 Å². The summed E-state index contributed by atoms with van der Waals surface area (Å²) in [5.41, 5.74) is 1.59. The number of sulfonamides is 1. The van der Waals surface area contributed by atoms with Crippen LogP contribution in [0.25, 0.3) is 0 Å². The van der Waals surface area contributed by atoms with Crippen molar-refractivity contribution in [1.29, 1.82) is 0 Å². The number of fused-ring (bicyclic) bond motifs is 1. The lowest BCUT2D eigenvalue weighted by Crippen LogP contribution is -2.45. The summed E-state index contributed by atoms with van der Waals surface area (Å²) in [4.78, 5) is 21.7. The monoisotopic (exact) mass is 350 g/mol. The molecule has 2 heterocycles. The zero-order valence-electron chi connectivity index (χ0n) is 12.8. The lowest BCUT2D eigenvalue weighted by Gasteiger charge is -2.21. The summed E-state index contributed by atoms with van der Waals surface area (Å²) >= 11 is 0. The fraction of sp³-hybridized carbons (Fsp3) is 0.267. The van der Waals surface area contributed by atoms with E-state index in [0.29, 0.717) is 13.1 Å². The van der Waals surface area contributed by atoms with E-state index in [1.165, 1.54) is 30.3 Å². The summed E-state index contributed by atoms with van der Waals surface area (Å²) in [5.74, 6) is -1.04. The van der Waals surface area contributed by atoms with Crippen molar-refractivity contribution in [3.63, 3.8) is 0 Å². The third-order valence-electron chi connectivity index (χ3n) is 3.70.